The van der Waals surface area contributed by atoms with Gasteiger partial charge in [-0.15, -0.1) is 0 Å². The number of benzene rings is 1. The van der Waals surface area contributed by atoms with Crippen LogP contribution >= 0.6 is 0 Å². The van der Waals surface area contributed by atoms with Crippen molar-refractivity contribution in [2.45, 2.75) is 71.4 Å². The van der Waals surface area contributed by atoms with Gasteiger partial charge in [0.05, 0.1) is 0 Å². The predicted molar refractivity (Wildman–Crippen MR) is 89.7 cm³/mol. The first-order valence-electron chi connectivity index (χ1n) is 8.60. The van der Waals surface area contributed by atoms with Crippen LogP contribution in [-0.2, 0) is 6.42 Å². The molecule has 1 fully saturated rings. The van der Waals surface area contributed by atoms with Crippen molar-refractivity contribution in [2.75, 3.05) is 6.54 Å². The smallest absolute Gasteiger partial charge is 0.115 e. The first kappa shape index (κ1) is 16.4. The van der Waals surface area contributed by atoms with Gasteiger partial charge in [0.1, 0.15) is 5.75 Å². The second-order valence-corrected chi connectivity index (χ2v) is 7.08. The molecule has 1 atom stereocenters. The Morgan fingerprint density at radius 3 is 2.29 bits per heavy atom. The third-order valence-electron chi connectivity index (χ3n) is 4.72. The Labute approximate surface area is 130 Å². The fourth-order valence-corrected chi connectivity index (χ4v) is 3.55. The minimum absolute atomic E-state index is 0.360. The molecule has 0 spiro atoms. The topological polar surface area (TPSA) is 23.5 Å². The van der Waals surface area contributed by atoms with E-state index in [-0.39, 0.29) is 0 Å². The molecule has 0 radical (unpaired) electrons. The van der Waals surface area contributed by atoms with Gasteiger partial charge < -0.3 is 5.11 Å². The van der Waals surface area contributed by atoms with Crippen molar-refractivity contribution < 1.29 is 5.11 Å². The fourth-order valence-electron chi connectivity index (χ4n) is 3.55. The van der Waals surface area contributed by atoms with Crippen molar-refractivity contribution >= 4 is 0 Å². The quantitative estimate of drug-likeness (QED) is 0.792. The van der Waals surface area contributed by atoms with E-state index in [4.69, 9.17) is 0 Å². The van der Waals surface area contributed by atoms with Gasteiger partial charge in [0.2, 0.25) is 0 Å². The van der Waals surface area contributed by atoms with Crippen LogP contribution in [-0.4, -0.2) is 28.6 Å². The number of hydrogen-bond donors (Lipinski definition) is 1. The summed E-state index contributed by atoms with van der Waals surface area (Å²) >= 11 is 0. The molecule has 1 saturated carbocycles. The van der Waals surface area contributed by atoms with Crippen molar-refractivity contribution in [2.24, 2.45) is 5.92 Å². The van der Waals surface area contributed by atoms with Crippen LogP contribution in [0, 0.1) is 5.92 Å². The molecule has 1 unspecified atom stereocenters. The number of aromatic hydroxyl groups is 1. The van der Waals surface area contributed by atoms with Gasteiger partial charge in [-0.1, -0.05) is 38.8 Å². The largest absolute Gasteiger partial charge is 0.508 e. The molecule has 0 aliphatic heterocycles. The van der Waals surface area contributed by atoms with Crippen LogP contribution in [0.3, 0.4) is 0 Å². The lowest BCUT2D eigenvalue weighted by molar-refractivity contribution is 0.122. The van der Waals surface area contributed by atoms with Crippen LogP contribution in [0.2, 0.25) is 0 Å². The maximum absolute atomic E-state index is 9.36. The molecule has 0 aromatic heterocycles. The molecule has 2 rings (SSSR count). The number of nitrogens with zero attached hydrogens (tertiary/aromatic N) is 1. The van der Waals surface area contributed by atoms with Gasteiger partial charge in [-0.3, -0.25) is 4.90 Å². The molecule has 1 aromatic carbocycles. The molecule has 1 aromatic rings. The summed E-state index contributed by atoms with van der Waals surface area (Å²) in [6.45, 7) is 8.27. The van der Waals surface area contributed by atoms with Gasteiger partial charge >= 0.3 is 0 Å². The molecule has 0 amide bonds. The molecule has 1 aliphatic rings. The second-order valence-electron chi connectivity index (χ2n) is 7.08. The third-order valence-corrected chi connectivity index (χ3v) is 4.72. The molecular formula is C19H31NO. The monoisotopic (exact) mass is 289 g/mol. The number of aryl methyl sites for hydroxylation is 1. The highest BCUT2D eigenvalue weighted by atomic mass is 16.3. The molecule has 1 aliphatic carbocycles. The molecule has 21 heavy (non-hydrogen) atoms. The van der Waals surface area contributed by atoms with Crippen LogP contribution in [0.4, 0.5) is 0 Å². The zero-order valence-corrected chi connectivity index (χ0v) is 13.9. The normalized spacial score (nSPS) is 17.8. The van der Waals surface area contributed by atoms with E-state index in [0.717, 1.165) is 18.4 Å². The lowest BCUT2D eigenvalue weighted by atomic mass is 10.0. The van der Waals surface area contributed by atoms with E-state index >= 15 is 0 Å². The molecule has 1 N–H and O–H groups in total. The fraction of sp³-hybridized carbons (Fsp3) is 0.684. The molecule has 0 heterocycles. The van der Waals surface area contributed by atoms with E-state index in [2.05, 4.69) is 25.7 Å². The number of hydrogen-bond acceptors (Lipinski definition) is 2. The van der Waals surface area contributed by atoms with Gasteiger partial charge in [-0.05, 0) is 56.2 Å². The lowest BCUT2D eigenvalue weighted by Crippen LogP contribution is -2.42. The van der Waals surface area contributed by atoms with E-state index in [1.807, 2.05) is 12.1 Å². The predicted octanol–water partition coefficient (Wildman–Crippen LogP) is 4.61. The first-order valence-corrected chi connectivity index (χ1v) is 8.60. The molecular weight excluding hydrogens is 258 g/mol. The number of rotatable bonds is 7. The van der Waals surface area contributed by atoms with Crippen LogP contribution in [0.25, 0.3) is 0 Å². The molecule has 118 valence electrons. The van der Waals surface area contributed by atoms with Gasteiger partial charge in [0.15, 0.2) is 0 Å². The Kier molecular flexibility index (Phi) is 6.10. The Hall–Kier alpha value is -1.02. The summed E-state index contributed by atoms with van der Waals surface area (Å²) < 4.78 is 0. The Balaban J connectivity index is 1.90. The summed E-state index contributed by atoms with van der Waals surface area (Å²) in [6, 6.07) is 9.13. The van der Waals surface area contributed by atoms with E-state index in [1.165, 1.54) is 44.2 Å². The van der Waals surface area contributed by atoms with Crippen molar-refractivity contribution in [3.8, 4) is 5.75 Å². The Bertz CT molecular complexity index is 406. The third kappa shape index (κ3) is 5.03. The maximum atomic E-state index is 9.36. The van der Waals surface area contributed by atoms with Gasteiger partial charge in [0, 0.05) is 18.6 Å². The van der Waals surface area contributed by atoms with Gasteiger partial charge in [-0.25, -0.2) is 0 Å². The molecule has 0 bridgehead atoms. The van der Waals surface area contributed by atoms with E-state index < -0.39 is 0 Å². The lowest BCUT2D eigenvalue weighted by Gasteiger charge is -2.36. The van der Waals surface area contributed by atoms with Crippen molar-refractivity contribution in [1.82, 2.24) is 4.90 Å². The standard InChI is InChI=1S/C19H31NO/c1-15(2)14-20(18-6-4-5-7-18)16(3)8-9-17-10-12-19(21)13-11-17/h10-13,15-16,18,21H,4-9,14H2,1-3H3. The number of phenols is 1. The average molecular weight is 289 g/mol. The summed E-state index contributed by atoms with van der Waals surface area (Å²) in [7, 11) is 0. The zero-order chi connectivity index (χ0) is 15.2. The van der Waals surface area contributed by atoms with Crippen LogP contribution < -0.4 is 0 Å². The Morgan fingerprint density at radius 1 is 1.10 bits per heavy atom. The number of phenolic OH excluding ortho intramolecular Hbond substituents is 1. The molecule has 2 nitrogen and oxygen atoms in total. The van der Waals surface area contributed by atoms with Crippen molar-refractivity contribution in [3.63, 3.8) is 0 Å². The van der Waals surface area contributed by atoms with E-state index in [9.17, 15) is 5.11 Å². The minimum Gasteiger partial charge on any atom is -0.508 e. The highest BCUT2D eigenvalue weighted by Crippen LogP contribution is 2.27. The van der Waals surface area contributed by atoms with Crippen LogP contribution in [0.15, 0.2) is 24.3 Å². The maximum Gasteiger partial charge on any atom is 0.115 e. The average Bonchev–Trinajstić information content (AvgIpc) is 2.97. The van der Waals surface area contributed by atoms with E-state index in [0.29, 0.717) is 11.8 Å². The second kappa shape index (κ2) is 7.84. The van der Waals surface area contributed by atoms with Crippen LogP contribution in [0.1, 0.15) is 58.4 Å². The molecule has 0 saturated heterocycles. The Morgan fingerprint density at radius 2 is 1.71 bits per heavy atom. The molecule has 2 heteroatoms. The SMILES string of the molecule is CC(C)CN(C(C)CCc1ccc(O)cc1)C1CCCC1. The summed E-state index contributed by atoms with van der Waals surface area (Å²) in [4.78, 5) is 2.76. The minimum atomic E-state index is 0.360. The summed E-state index contributed by atoms with van der Waals surface area (Å²) in [5.41, 5.74) is 1.33. The zero-order valence-electron chi connectivity index (χ0n) is 13.9. The van der Waals surface area contributed by atoms with Gasteiger partial charge in [-0.2, -0.15) is 0 Å². The summed E-state index contributed by atoms with van der Waals surface area (Å²) in [5, 5.41) is 9.36. The highest BCUT2D eigenvalue weighted by molar-refractivity contribution is 5.25. The first-order chi connectivity index (χ1) is 10.1. The van der Waals surface area contributed by atoms with Crippen LogP contribution in [0.5, 0.6) is 5.75 Å². The summed E-state index contributed by atoms with van der Waals surface area (Å²) in [6.07, 6.45) is 7.89. The highest BCUT2D eigenvalue weighted by Gasteiger charge is 2.26. The summed E-state index contributed by atoms with van der Waals surface area (Å²) in [5.74, 6) is 1.10. The van der Waals surface area contributed by atoms with E-state index in [1.54, 1.807) is 12.1 Å². The van der Waals surface area contributed by atoms with Crippen molar-refractivity contribution in [1.29, 1.82) is 0 Å². The van der Waals surface area contributed by atoms with Crippen molar-refractivity contribution in [3.05, 3.63) is 29.8 Å². The van der Waals surface area contributed by atoms with Gasteiger partial charge in [0.25, 0.3) is 0 Å².